The summed E-state index contributed by atoms with van der Waals surface area (Å²) in [5, 5.41) is 19.7. The number of aromatic carboxylic acids is 1. The molecule has 2 aromatic carbocycles. The van der Waals surface area contributed by atoms with Gasteiger partial charge in [-0.15, -0.1) is 0 Å². The fourth-order valence-electron chi connectivity index (χ4n) is 2.71. The van der Waals surface area contributed by atoms with Crippen molar-refractivity contribution in [3.8, 4) is 0 Å². The molecule has 0 bridgehead atoms. The fourth-order valence-corrected chi connectivity index (χ4v) is 2.93. The molecule has 1 heterocycles. The zero-order valence-electron chi connectivity index (χ0n) is 16.4. The first-order chi connectivity index (χ1) is 15.0. The number of aliphatic carboxylic acids is 1. The number of ether oxygens (including phenoxy) is 1. The van der Waals surface area contributed by atoms with Gasteiger partial charge in [-0.2, -0.15) is 13.2 Å². The van der Waals surface area contributed by atoms with Crippen LogP contribution in [0.3, 0.4) is 0 Å². The highest BCUT2D eigenvalue weighted by Crippen LogP contribution is 2.26. The van der Waals surface area contributed by atoms with E-state index in [-0.39, 0.29) is 11.5 Å². The van der Waals surface area contributed by atoms with Gasteiger partial charge in [0.1, 0.15) is 0 Å². The van der Waals surface area contributed by atoms with E-state index in [0.717, 1.165) is 0 Å². The summed E-state index contributed by atoms with van der Waals surface area (Å²) in [6, 6.07) is 11.5. The average Bonchev–Trinajstić information content (AvgIpc) is 2.74. The quantitative estimate of drug-likeness (QED) is 0.617. The summed E-state index contributed by atoms with van der Waals surface area (Å²) in [4.78, 5) is 34.8. The van der Waals surface area contributed by atoms with Gasteiger partial charge in [0.2, 0.25) is 0 Å². The van der Waals surface area contributed by atoms with Crippen LogP contribution in [-0.4, -0.2) is 60.5 Å². The van der Waals surface area contributed by atoms with Crippen molar-refractivity contribution in [2.75, 3.05) is 36.5 Å². The highest BCUT2D eigenvalue weighted by molar-refractivity contribution is 6.34. The Kier molecular flexibility index (Phi) is 8.44. The standard InChI is InChI=1S/C18H17ClN2O4.C2HF3O2/c19-15-4-2-1-3-13(15)17(22)20-12-5-6-16(14(11-12)18(23)24)21-7-9-25-10-8-21;3-2(4,5)1(6)7/h1-6,11H,7-10H2,(H,20,22)(H,23,24);(H,6,7). The molecule has 32 heavy (non-hydrogen) atoms. The predicted octanol–water partition coefficient (Wildman–Crippen LogP) is 3.76. The second-order valence-electron chi connectivity index (χ2n) is 6.37. The van der Waals surface area contributed by atoms with Gasteiger partial charge in [0.25, 0.3) is 5.91 Å². The van der Waals surface area contributed by atoms with Crippen molar-refractivity contribution >= 4 is 40.8 Å². The lowest BCUT2D eigenvalue weighted by Crippen LogP contribution is -2.37. The van der Waals surface area contributed by atoms with Crippen LogP contribution in [0.4, 0.5) is 24.5 Å². The van der Waals surface area contributed by atoms with Gasteiger partial charge in [0.05, 0.1) is 35.1 Å². The summed E-state index contributed by atoms with van der Waals surface area (Å²) in [5.74, 6) is -4.19. The highest BCUT2D eigenvalue weighted by atomic mass is 35.5. The highest BCUT2D eigenvalue weighted by Gasteiger charge is 2.38. The molecule has 1 aliphatic rings. The molecular weight excluding hydrogens is 457 g/mol. The topological polar surface area (TPSA) is 116 Å². The average molecular weight is 475 g/mol. The summed E-state index contributed by atoms with van der Waals surface area (Å²) in [5.41, 5.74) is 1.49. The largest absolute Gasteiger partial charge is 0.490 e. The van der Waals surface area contributed by atoms with Crippen molar-refractivity contribution in [2.24, 2.45) is 0 Å². The SMILES string of the molecule is O=C(Nc1ccc(N2CCOCC2)c(C(=O)O)c1)c1ccccc1Cl.O=C(O)C(F)(F)F. The number of carboxylic acid groups (broad SMARTS) is 2. The molecular formula is C20H18ClF3N2O6. The van der Waals surface area contributed by atoms with E-state index < -0.39 is 18.1 Å². The number of nitrogens with one attached hydrogen (secondary N) is 1. The Morgan fingerprint density at radius 3 is 2.12 bits per heavy atom. The molecule has 0 radical (unpaired) electrons. The number of rotatable bonds is 4. The van der Waals surface area contributed by atoms with Crippen LogP contribution in [0.15, 0.2) is 42.5 Å². The lowest BCUT2D eigenvalue weighted by Gasteiger charge is -2.30. The van der Waals surface area contributed by atoms with Crippen molar-refractivity contribution in [1.29, 1.82) is 0 Å². The van der Waals surface area contributed by atoms with Gasteiger partial charge in [-0.05, 0) is 30.3 Å². The summed E-state index contributed by atoms with van der Waals surface area (Å²) >= 11 is 6.02. The summed E-state index contributed by atoms with van der Waals surface area (Å²) in [7, 11) is 0. The zero-order valence-corrected chi connectivity index (χ0v) is 17.1. The molecule has 1 fully saturated rings. The van der Waals surface area contributed by atoms with Crippen LogP contribution in [-0.2, 0) is 9.53 Å². The summed E-state index contributed by atoms with van der Waals surface area (Å²) in [6.07, 6.45) is -5.08. The minimum Gasteiger partial charge on any atom is -0.478 e. The van der Waals surface area contributed by atoms with Crippen molar-refractivity contribution in [1.82, 2.24) is 0 Å². The third-order valence-corrected chi connectivity index (χ3v) is 4.53. The molecule has 3 rings (SSSR count). The van der Waals surface area contributed by atoms with Crippen LogP contribution >= 0.6 is 11.6 Å². The number of hydrogen-bond acceptors (Lipinski definition) is 5. The number of carbonyl (C=O) groups excluding carboxylic acids is 1. The smallest absolute Gasteiger partial charge is 0.478 e. The maximum atomic E-state index is 12.3. The number of hydrogen-bond donors (Lipinski definition) is 3. The Hall–Kier alpha value is -3.31. The summed E-state index contributed by atoms with van der Waals surface area (Å²) in [6.45, 7) is 2.38. The van der Waals surface area contributed by atoms with Gasteiger partial charge in [0.15, 0.2) is 0 Å². The number of amides is 1. The number of carboxylic acids is 2. The van der Waals surface area contributed by atoms with Crippen LogP contribution in [0.25, 0.3) is 0 Å². The first kappa shape index (κ1) is 25.0. The van der Waals surface area contributed by atoms with E-state index in [9.17, 15) is 27.9 Å². The minimum absolute atomic E-state index is 0.138. The zero-order chi connectivity index (χ0) is 23.9. The second kappa shape index (κ2) is 10.8. The number of carbonyl (C=O) groups is 3. The maximum Gasteiger partial charge on any atom is 0.490 e. The lowest BCUT2D eigenvalue weighted by molar-refractivity contribution is -0.192. The van der Waals surface area contributed by atoms with E-state index in [1.165, 1.54) is 6.07 Å². The molecule has 0 aliphatic carbocycles. The van der Waals surface area contributed by atoms with E-state index in [1.54, 1.807) is 36.4 Å². The van der Waals surface area contributed by atoms with Crippen molar-refractivity contribution in [3.63, 3.8) is 0 Å². The van der Waals surface area contributed by atoms with Crippen LogP contribution < -0.4 is 10.2 Å². The number of alkyl halides is 3. The molecule has 1 amide bonds. The van der Waals surface area contributed by atoms with E-state index in [2.05, 4.69) is 5.32 Å². The Labute approximate surface area is 185 Å². The number of halogens is 4. The van der Waals surface area contributed by atoms with Crippen LogP contribution in [0, 0.1) is 0 Å². The van der Waals surface area contributed by atoms with E-state index in [1.807, 2.05) is 4.90 Å². The number of benzene rings is 2. The third-order valence-electron chi connectivity index (χ3n) is 4.20. The number of nitrogens with zero attached hydrogens (tertiary/aromatic N) is 1. The number of anilines is 2. The first-order valence-electron chi connectivity index (χ1n) is 9.06. The van der Waals surface area contributed by atoms with Gasteiger partial charge in [-0.1, -0.05) is 23.7 Å². The van der Waals surface area contributed by atoms with Gasteiger partial charge in [0, 0.05) is 18.8 Å². The normalized spacial score (nSPS) is 13.6. The molecule has 0 aromatic heterocycles. The lowest BCUT2D eigenvalue weighted by atomic mass is 10.1. The Bertz CT molecular complexity index is 994. The van der Waals surface area contributed by atoms with E-state index in [0.29, 0.717) is 48.3 Å². The molecule has 8 nitrogen and oxygen atoms in total. The van der Waals surface area contributed by atoms with Gasteiger partial charge in [-0.3, -0.25) is 4.79 Å². The van der Waals surface area contributed by atoms with Crippen molar-refractivity contribution in [3.05, 3.63) is 58.6 Å². The molecule has 3 N–H and O–H groups in total. The first-order valence-corrected chi connectivity index (χ1v) is 9.44. The molecule has 12 heteroatoms. The van der Waals surface area contributed by atoms with Crippen LogP contribution in [0.2, 0.25) is 5.02 Å². The maximum absolute atomic E-state index is 12.3. The second-order valence-corrected chi connectivity index (χ2v) is 6.78. The van der Waals surface area contributed by atoms with Gasteiger partial charge in [-0.25, -0.2) is 9.59 Å². The van der Waals surface area contributed by atoms with Crippen LogP contribution in [0.1, 0.15) is 20.7 Å². The minimum atomic E-state index is -5.08. The molecule has 1 saturated heterocycles. The summed E-state index contributed by atoms with van der Waals surface area (Å²) < 4.78 is 37.0. The molecule has 0 atom stereocenters. The van der Waals surface area contributed by atoms with Crippen LogP contribution in [0.5, 0.6) is 0 Å². The molecule has 1 aliphatic heterocycles. The number of morpholine rings is 1. The fraction of sp³-hybridized carbons (Fsp3) is 0.250. The molecule has 0 spiro atoms. The third kappa shape index (κ3) is 6.86. The van der Waals surface area contributed by atoms with Crippen molar-refractivity contribution < 1.29 is 42.5 Å². The Morgan fingerprint density at radius 1 is 1.00 bits per heavy atom. The Morgan fingerprint density at radius 2 is 1.59 bits per heavy atom. The monoisotopic (exact) mass is 474 g/mol. The molecule has 2 aromatic rings. The Balaban J connectivity index is 0.000000451. The van der Waals surface area contributed by atoms with Gasteiger partial charge >= 0.3 is 18.1 Å². The van der Waals surface area contributed by atoms with Crippen molar-refractivity contribution in [2.45, 2.75) is 6.18 Å². The molecule has 172 valence electrons. The van der Waals surface area contributed by atoms with Gasteiger partial charge < -0.3 is 25.2 Å². The molecule has 0 saturated carbocycles. The van der Waals surface area contributed by atoms with E-state index in [4.69, 9.17) is 26.2 Å². The molecule has 0 unspecified atom stereocenters. The van der Waals surface area contributed by atoms with E-state index >= 15 is 0 Å². The predicted molar refractivity (Wildman–Crippen MR) is 110 cm³/mol.